The standard InChI is InChI=1S/C13H16ClNO/c1-9-7-12(9)13(16)15(2)8-10-3-5-11(14)6-4-10/h3-6,9,12H,7-8H2,1-2H3. The molecule has 2 atom stereocenters. The van der Waals surface area contributed by atoms with Crippen molar-refractivity contribution in [2.45, 2.75) is 19.9 Å². The molecule has 0 heterocycles. The molecule has 1 aromatic carbocycles. The molecule has 0 saturated heterocycles. The van der Waals surface area contributed by atoms with Gasteiger partial charge in [0, 0.05) is 24.5 Å². The molecule has 1 aliphatic rings. The van der Waals surface area contributed by atoms with Gasteiger partial charge in [-0.2, -0.15) is 0 Å². The zero-order valence-corrected chi connectivity index (χ0v) is 10.4. The van der Waals surface area contributed by atoms with E-state index < -0.39 is 0 Å². The van der Waals surface area contributed by atoms with Crippen LogP contribution in [0.25, 0.3) is 0 Å². The van der Waals surface area contributed by atoms with Gasteiger partial charge >= 0.3 is 0 Å². The second-order valence-corrected chi connectivity index (χ2v) is 5.08. The van der Waals surface area contributed by atoms with Crippen LogP contribution in [0.15, 0.2) is 24.3 Å². The Labute approximate surface area is 101 Å². The van der Waals surface area contributed by atoms with Gasteiger partial charge in [-0.25, -0.2) is 0 Å². The van der Waals surface area contributed by atoms with E-state index in [0.717, 1.165) is 17.0 Å². The molecule has 0 bridgehead atoms. The second-order valence-electron chi connectivity index (χ2n) is 4.64. The van der Waals surface area contributed by atoms with Crippen molar-refractivity contribution in [2.75, 3.05) is 7.05 Å². The molecule has 1 fully saturated rings. The Morgan fingerprint density at radius 3 is 2.50 bits per heavy atom. The van der Waals surface area contributed by atoms with E-state index >= 15 is 0 Å². The molecule has 2 rings (SSSR count). The third-order valence-corrected chi connectivity index (χ3v) is 3.39. The molecule has 1 aromatic rings. The fourth-order valence-electron chi connectivity index (χ4n) is 1.89. The quantitative estimate of drug-likeness (QED) is 0.792. The number of carbonyl (C=O) groups is 1. The largest absolute Gasteiger partial charge is 0.341 e. The number of amides is 1. The Hall–Kier alpha value is -1.02. The SMILES string of the molecule is CC1CC1C(=O)N(C)Cc1ccc(Cl)cc1. The zero-order chi connectivity index (χ0) is 11.7. The van der Waals surface area contributed by atoms with E-state index in [1.807, 2.05) is 31.3 Å². The highest BCUT2D eigenvalue weighted by atomic mass is 35.5. The summed E-state index contributed by atoms with van der Waals surface area (Å²) in [5.74, 6) is 1.10. The molecular formula is C13H16ClNO. The summed E-state index contributed by atoms with van der Waals surface area (Å²) in [5.41, 5.74) is 1.12. The van der Waals surface area contributed by atoms with Gasteiger partial charge < -0.3 is 4.90 Å². The summed E-state index contributed by atoms with van der Waals surface area (Å²) < 4.78 is 0. The molecule has 1 saturated carbocycles. The van der Waals surface area contributed by atoms with Crippen molar-refractivity contribution in [3.63, 3.8) is 0 Å². The van der Waals surface area contributed by atoms with Gasteiger partial charge in [-0.15, -0.1) is 0 Å². The fraction of sp³-hybridized carbons (Fsp3) is 0.462. The average Bonchev–Trinajstić information content (AvgIpc) is 2.98. The van der Waals surface area contributed by atoms with E-state index in [9.17, 15) is 4.79 Å². The number of rotatable bonds is 3. The second kappa shape index (κ2) is 4.46. The van der Waals surface area contributed by atoms with Gasteiger partial charge in [-0.1, -0.05) is 30.7 Å². The van der Waals surface area contributed by atoms with Crippen LogP contribution >= 0.6 is 11.6 Å². The van der Waals surface area contributed by atoms with Crippen LogP contribution in [-0.2, 0) is 11.3 Å². The van der Waals surface area contributed by atoms with Gasteiger partial charge in [-0.05, 0) is 30.0 Å². The van der Waals surface area contributed by atoms with E-state index in [1.165, 1.54) is 0 Å². The van der Waals surface area contributed by atoms with Crippen molar-refractivity contribution in [3.05, 3.63) is 34.9 Å². The summed E-state index contributed by atoms with van der Waals surface area (Å²) in [6.45, 7) is 2.79. The van der Waals surface area contributed by atoms with E-state index in [4.69, 9.17) is 11.6 Å². The van der Waals surface area contributed by atoms with Crippen LogP contribution in [0.5, 0.6) is 0 Å². The Balaban J connectivity index is 1.94. The van der Waals surface area contributed by atoms with Crippen LogP contribution in [0.3, 0.4) is 0 Å². The van der Waals surface area contributed by atoms with Crippen LogP contribution in [0.1, 0.15) is 18.9 Å². The molecular weight excluding hydrogens is 222 g/mol. The number of nitrogens with zero attached hydrogens (tertiary/aromatic N) is 1. The molecule has 1 amide bonds. The third kappa shape index (κ3) is 2.56. The zero-order valence-electron chi connectivity index (χ0n) is 9.61. The third-order valence-electron chi connectivity index (χ3n) is 3.14. The van der Waals surface area contributed by atoms with E-state index in [1.54, 1.807) is 4.90 Å². The van der Waals surface area contributed by atoms with Gasteiger partial charge in [0.25, 0.3) is 0 Å². The fourth-order valence-corrected chi connectivity index (χ4v) is 2.02. The number of halogens is 1. The molecule has 0 spiro atoms. The van der Waals surface area contributed by atoms with Gasteiger partial charge in [0.05, 0.1) is 0 Å². The first-order valence-corrected chi connectivity index (χ1v) is 5.95. The number of hydrogen-bond acceptors (Lipinski definition) is 1. The predicted molar refractivity (Wildman–Crippen MR) is 65.2 cm³/mol. The highest BCUT2D eigenvalue weighted by molar-refractivity contribution is 6.30. The Morgan fingerprint density at radius 1 is 1.44 bits per heavy atom. The van der Waals surface area contributed by atoms with Crippen molar-refractivity contribution in [2.24, 2.45) is 11.8 Å². The van der Waals surface area contributed by atoms with E-state index in [2.05, 4.69) is 6.92 Å². The first-order chi connectivity index (χ1) is 7.58. The number of carbonyl (C=O) groups excluding carboxylic acids is 1. The predicted octanol–water partition coefficient (Wildman–Crippen LogP) is 2.95. The lowest BCUT2D eigenvalue weighted by atomic mass is 10.2. The summed E-state index contributed by atoms with van der Waals surface area (Å²) in [7, 11) is 1.86. The minimum atomic E-state index is 0.261. The molecule has 86 valence electrons. The number of hydrogen-bond donors (Lipinski definition) is 0. The topological polar surface area (TPSA) is 20.3 Å². The monoisotopic (exact) mass is 237 g/mol. The molecule has 2 unspecified atom stereocenters. The lowest BCUT2D eigenvalue weighted by Crippen LogP contribution is -2.27. The first kappa shape index (κ1) is 11.5. The van der Waals surface area contributed by atoms with Crippen LogP contribution in [-0.4, -0.2) is 17.9 Å². The average molecular weight is 238 g/mol. The minimum absolute atomic E-state index is 0.261. The molecule has 2 nitrogen and oxygen atoms in total. The van der Waals surface area contributed by atoms with Crippen molar-refractivity contribution in [3.8, 4) is 0 Å². The molecule has 0 N–H and O–H groups in total. The molecule has 16 heavy (non-hydrogen) atoms. The summed E-state index contributed by atoms with van der Waals surface area (Å²) in [6, 6.07) is 7.63. The van der Waals surface area contributed by atoms with Crippen LogP contribution < -0.4 is 0 Å². The Bertz CT molecular complexity index is 387. The molecule has 0 aliphatic heterocycles. The van der Waals surface area contributed by atoms with Crippen LogP contribution in [0, 0.1) is 11.8 Å². The molecule has 3 heteroatoms. The van der Waals surface area contributed by atoms with Gasteiger partial charge in [0.1, 0.15) is 0 Å². The molecule has 0 radical (unpaired) electrons. The lowest BCUT2D eigenvalue weighted by Gasteiger charge is -2.17. The minimum Gasteiger partial charge on any atom is -0.341 e. The summed E-state index contributed by atoms with van der Waals surface area (Å²) in [6.07, 6.45) is 1.05. The van der Waals surface area contributed by atoms with Crippen molar-refractivity contribution < 1.29 is 4.79 Å². The van der Waals surface area contributed by atoms with Crippen molar-refractivity contribution in [1.82, 2.24) is 4.90 Å². The maximum atomic E-state index is 11.9. The highest BCUT2D eigenvalue weighted by Crippen LogP contribution is 2.39. The molecule has 0 aromatic heterocycles. The van der Waals surface area contributed by atoms with Crippen LogP contribution in [0.4, 0.5) is 0 Å². The first-order valence-electron chi connectivity index (χ1n) is 5.57. The van der Waals surface area contributed by atoms with Gasteiger partial charge in [0.2, 0.25) is 5.91 Å². The van der Waals surface area contributed by atoms with Crippen molar-refractivity contribution >= 4 is 17.5 Å². The van der Waals surface area contributed by atoms with Gasteiger partial charge in [-0.3, -0.25) is 4.79 Å². The van der Waals surface area contributed by atoms with E-state index in [-0.39, 0.29) is 11.8 Å². The summed E-state index contributed by atoms with van der Waals surface area (Å²) >= 11 is 5.81. The Morgan fingerprint density at radius 2 is 2.00 bits per heavy atom. The maximum absolute atomic E-state index is 11.9. The van der Waals surface area contributed by atoms with Crippen LogP contribution in [0.2, 0.25) is 5.02 Å². The van der Waals surface area contributed by atoms with E-state index in [0.29, 0.717) is 12.5 Å². The maximum Gasteiger partial charge on any atom is 0.226 e. The number of benzene rings is 1. The molecule has 1 aliphatic carbocycles. The Kier molecular flexibility index (Phi) is 3.20. The lowest BCUT2D eigenvalue weighted by molar-refractivity contribution is -0.132. The summed E-state index contributed by atoms with van der Waals surface area (Å²) in [5, 5.41) is 0.730. The smallest absolute Gasteiger partial charge is 0.226 e. The highest BCUT2D eigenvalue weighted by Gasteiger charge is 2.40. The van der Waals surface area contributed by atoms with Gasteiger partial charge in [0.15, 0.2) is 0 Å². The summed E-state index contributed by atoms with van der Waals surface area (Å²) in [4.78, 5) is 13.7. The normalized spacial score (nSPS) is 22.9. The van der Waals surface area contributed by atoms with Crippen molar-refractivity contribution in [1.29, 1.82) is 0 Å².